The number of ether oxygens (including phenoxy) is 3. The van der Waals surface area contributed by atoms with Gasteiger partial charge < -0.3 is 30.2 Å². The Kier molecular flexibility index (Phi) is 12.1. The highest BCUT2D eigenvalue weighted by Gasteiger charge is 2.44. The van der Waals surface area contributed by atoms with Gasteiger partial charge in [-0.1, -0.05) is 20.3 Å². The number of rotatable bonds is 13. The molecule has 2 heterocycles. The summed E-state index contributed by atoms with van der Waals surface area (Å²) < 4.78 is 17.8. The highest BCUT2D eigenvalue weighted by atomic mass is 16.6. The molecule has 2 unspecified atom stereocenters. The first-order valence-corrected chi connectivity index (χ1v) is 16.0. The first-order valence-electron chi connectivity index (χ1n) is 16.0. The lowest BCUT2D eigenvalue weighted by Crippen LogP contribution is -2.60. The third-order valence-electron chi connectivity index (χ3n) is 8.11. The van der Waals surface area contributed by atoms with E-state index in [0.717, 1.165) is 13.0 Å². The first-order chi connectivity index (χ1) is 19.1. The molecule has 42 heavy (non-hydrogen) atoms. The predicted octanol–water partition coefficient (Wildman–Crippen LogP) is 5.19. The second-order valence-electron chi connectivity index (χ2n) is 16.0. The van der Waals surface area contributed by atoms with Crippen LogP contribution in [0.3, 0.4) is 0 Å². The Morgan fingerprint density at radius 3 is 1.67 bits per heavy atom. The Labute approximate surface area is 255 Å². The Balaban J connectivity index is 2.25. The van der Waals surface area contributed by atoms with Crippen molar-refractivity contribution in [2.45, 2.75) is 180 Å². The van der Waals surface area contributed by atoms with E-state index in [2.05, 4.69) is 85.2 Å². The van der Waals surface area contributed by atoms with Crippen LogP contribution in [0.15, 0.2) is 0 Å². The van der Waals surface area contributed by atoms with Crippen LogP contribution in [0.25, 0.3) is 0 Å². The minimum Gasteiger partial charge on any atom is -0.462 e. The smallest absolute Gasteiger partial charge is 0.321 e. The molecule has 2 aliphatic rings. The number of carbonyl (C=O) groups is 3. The fraction of sp³-hybridized carbons (Fsp3) is 0.909. The Morgan fingerprint density at radius 2 is 1.24 bits per heavy atom. The predicted molar refractivity (Wildman–Crippen MR) is 166 cm³/mol. The van der Waals surface area contributed by atoms with Crippen molar-refractivity contribution in [1.82, 2.24) is 16.0 Å². The molecule has 2 atom stereocenters. The molecule has 0 bridgehead atoms. The Morgan fingerprint density at radius 1 is 0.786 bits per heavy atom. The summed E-state index contributed by atoms with van der Waals surface area (Å²) in [5, 5.41) is 10.6. The van der Waals surface area contributed by atoms with E-state index in [4.69, 9.17) is 14.2 Å². The van der Waals surface area contributed by atoms with Crippen molar-refractivity contribution in [2.75, 3.05) is 6.54 Å². The van der Waals surface area contributed by atoms with Crippen LogP contribution < -0.4 is 16.0 Å². The van der Waals surface area contributed by atoms with Gasteiger partial charge in [0, 0.05) is 59.8 Å². The lowest BCUT2D eigenvalue weighted by Gasteiger charge is -2.46. The van der Waals surface area contributed by atoms with E-state index in [9.17, 15) is 14.4 Å². The lowest BCUT2D eigenvalue weighted by atomic mass is 9.81. The fourth-order valence-electron chi connectivity index (χ4n) is 7.42. The number of hydrogen-bond acceptors (Lipinski definition) is 9. The standard InChI is InChI=1S/C33H61N3O6/c1-13-15-22(17-29(3,4)34-14-2)41-27(38)25(28(39)42-24-20-32(9,10)36-33(11,12)21-24)16-26(37)40-23-18-30(5,6)35-31(7,8)19-23/h22-25,34-36H,13-21H2,1-12H3. The van der Waals surface area contributed by atoms with Gasteiger partial charge in [-0.25, -0.2) is 0 Å². The third-order valence-corrected chi connectivity index (χ3v) is 8.11. The molecule has 0 aromatic rings. The topological polar surface area (TPSA) is 115 Å². The van der Waals surface area contributed by atoms with Gasteiger partial charge in [-0.05, 0) is 82.2 Å². The van der Waals surface area contributed by atoms with Crippen LogP contribution in [-0.4, -0.2) is 70.5 Å². The molecule has 0 spiro atoms. The van der Waals surface area contributed by atoms with Crippen LogP contribution in [0.2, 0.25) is 0 Å². The van der Waals surface area contributed by atoms with Crippen molar-refractivity contribution >= 4 is 17.9 Å². The zero-order chi connectivity index (χ0) is 32.1. The summed E-state index contributed by atoms with van der Waals surface area (Å²) in [7, 11) is 0. The molecule has 2 rings (SSSR count). The van der Waals surface area contributed by atoms with Gasteiger partial charge in [-0.3, -0.25) is 14.4 Å². The van der Waals surface area contributed by atoms with Crippen molar-refractivity contribution < 1.29 is 28.6 Å². The van der Waals surface area contributed by atoms with Crippen LogP contribution in [0.1, 0.15) is 134 Å². The van der Waals surface area contributed by atoms with Gasteiger partial charge in [-0.2, -0.15) is 0 Å². The molecule has 0 saturated carbocycles. The molecule has 0 aliphatic carbocycles. The summed E-state index contributed by atoms with van der Waals surface area (Å²) in [6.07, 6.45) is 3.02. The summed E-state index contributed by atoms with van der Waals surface area (Å²) in [4.78, 5) is 40.6. The zero-order valence-corrected chi connectivity index (χ0v) is 28.6. The molecular formula is C33H61N3O6. The van der Waals surface area contributed by atoms with Gasteiger partial charge in [0.15, 0.2) is 5.92 Å². The van der Waals surface area contributed by atoms with Crippen molar-refractivity contribution in [3.8, 4) is 0 Å². The molecule has 9 heteroatoms. The molecule has 2 fully saturated rings. The second-order valence-corrected chi connectivity index (χ2v) is 16.0. The Hall–Kier alpha value is -1.71. The number of esters is 3. The fourth-order valence-corrected chi connectivity index (χ4v) is 7.42. The molecule has 244 valence electrons. The largest absolute Gasteiger partial charge is 0.462 e. The SMILES string of the molecule is CCCC(CC(C)(C)NCC)OC(=O)C(CC(=O)OC1CC(C)(C)NC(C)(C)C1)C(=O)OC1CC(C)(C)NC(C)(C)C1. The van der Waals surface area contributed by atoms with E-state index in [1.807, 2.05) is 13.8 Å². The van der Waals surface area contributed by atoms with Crippen LogP contribution in [0, 0.1) is 5.92 Å². The molecular weight excluding hydrogens is 534 g/mol. The molecule has 3 N–H and O–H groups in total. The van der Waals surface area contributed by atoms with E-state index >= 15 is 0 Å². The van der Waals surface area contributed by atoms with Crippen LogP contribution >= 0.6 is 0 Å². The van der Waals surface area contributed by atoms with E-state index in [1.165, 1.54) is 0 Å². The van der Waals surface area contributed by atoms with E-state index in [1.54, 1.807) is 0 Å². The maximum atomic E-state index is 13.7. The van der Waals surface area contributed by atoms with Crippen molar-refractivity contribution in [2.24, 2.45) is 5.92 Å². The summed E-state index contributed by atoms with van der Waals surface area (Å²) in [6.45, 7) is 25.6. The molecule has 0 aromatic carbocycles. The highest BCUT2D eigenvalue weighted by molar-refractivity contribution is 5.98. The molecule has 9 nitrogen and oxygen atoms in total. The number of nitrogens with one attached hydrogen (secondary N) is 3. The highest BCUT2D eigenvalue weighted by Crippen LogP contribution is 2.33. The quantitative estimate of drug-likeness (QED) is 0.150. The summed E-state index contributed by atoms with van der Waals surface area (Å²) >= 11 is 0. The summed E-state index contributed by atoms with van der Waals surface area (Å²) in [5.74, 6) is -3.41. The minimum atomic E-state index is -1.39. The minimum absolute atomic E-state index is 0.217. The van der Waals surface area contributed by atoms with Crippen molar-refractivity contribution in [1.29, 1.82) is 0 Å². The number of piperidine rings is 2. The lowest BCUT2D eigenvalue weighted by molar-refractivity contribution is -0.176. The van der Waals surface area contributed by atoms with Crippen LogP contribution in [0.4, 0.5) is 0 Å². The molecule has 0 aromatic heterocycles. The molecule has 0 amide bonds. The number of hydrogen-bond donors (Lipinski definition) is 3. The second kappa shape index (κ2) is 13.9. The summed E-state index contributed by atoms with van der Waals surface area (Å²) in [5.41, 5.74) is -1.19. The van der Waals surface area contributed by atoms with Gasteiger partial charge >= 0.3 is 17.9 Å². The van der Waals surface area contributed by atoms with Crippen molar-refractivity contribution in [3.63, 3.8) is 0 Å². The van der Waals surface area contributed by atoms with Gasteiger partial charge in [0.2, 0.25) is 0 Å². The van der Waals surface area contributed by atoms with Crippen LogP contribution in [-0.2, 0) is 28.6 Å². The number of carbonyl (C=O) groups excluding carboxylic acids is 3. The van der Waals surface area contributed by atoms with Gasteiger partial charge in [0.05, 0.1) is 6.42 Å². The van der Waals surface area contributed by atoms with Crippen molar-refractivity contribution in [3.05, 3.63) is 0 Å². The van der Waals surface area contributed by atoms with E-state index in [-0.39, 0.29) is 39.9 Å². The molecule has 2 saturated heterocycles. The monoisotopic (exact) mass is 595 g/mol. The first kappa shape index (κ1) is 36.5. The molecule has 2 aliphatic heterocycles. The average molecular weight is 596 g/mol. The molecule has 0 radical (unpaired) electrons. The summed E-state index contributed by atoms with van der Waals surface area (Å²) in [6, 6.07) is 0. The maximum Gasteiger partial charge on any atom is 0.321 e. The third kappa shape index (κ3) is 12.1. The average Bonchev–Trinajstić information content (AvgIpc) is 2.72. The van der Waals surface area contributed by atoms with Gasteiger partial charge in [0.25, 0.3) is 0 Å². The maximum absolute atomic E-state index is 13.7. The van der Waals surface area contributed by atoms with Gasteiger partial charge in [-0.15, -0.1) is 0 Å². The normalized spacial score (nSPS) is 23.4. The Bertz CT molecular complexity index is 910. The van der Waals surface area contributed by atoms with E-state index in [0.29, 0.717) is 38.5 Å². The van der Waals surface area contributed by atoms with Gasteiger partial charge in [0.1, 0.15) is 18.3 Å². The zero-order valence-electron chi connectivity index (χ0n) is 28.6. The van der Waals surface area contributed by atoms with E-state index < -0.39 is 36.4 Å². The van der Waals surface area contributed by atoms with Crippen LogP contribution in [0.5, 0.6) is 0 Å².